The number of sulfonamides is 1. The van der Waals surface area contributed by atoms with E-state index in [0.717, 1.165) is 11.3 Å². The van der Waals surface area contributed by atoms with Crippen LogP contribution in [-0.2, 0) is 10.0 Å². The van der Waals surface area contributed by atoms with Crippen LogP contribution in [0, 0.1) is 13.8 Å². The molecule has 4 heterocycles. The summed E-state index contributed by atoms with van der Waals surface area (Å²) in [6, 6.07) is 5.05. The van der Waals surface area contributed by atoms with Gasteiger partial charge in [0.25, 0.3) is 19.9 Å². The van der Waals surface area contributed by atoms with Gasteiger partial charge >= 0.3 is 0 Å². The first-order chi connectivity index (χ1) is 14.3. The Labute approximate surface area is 175 Å². The number of pyridine rings is 2. The number of hydrogen-bond donors (Lipinski definition) is 1. The van der Waals surface area contributed by atoms with Crippen molar-refractivity contribution in [2.45, 2.75) is 18.2 Å². The predicted octanol–water partition coefficient (Wildman–Crippen LogP) is 2.03. The Morgan fingerprint density at radius 2 is 1.90 bits per heavy atom. The van der Waals surface area contributed by atoms with Crippen LogP contribution >= 0.6 is 11.3 Å². The minimum absolute atomic E-state index is 0.0963. The van der Waals surface area contributed by atoms with Gasteiger partial charge < -0.3 is 4.74 Å². The average Bonchev–Trinajstić information content (AvgIpc) is 3.18. The van der Waals surface area contributed by atoms with E-state index in [0.29, 0.717) is 27.3 Å². The Morgan fingerprint density at radius 1 is 1.10 bits per heavy atom. The van der Waals surface area contributed by atoms with Crippen LogP contribution < -0.4 is 15.0 Å². The standard InChI is InChI=1S/C18H16N6O4S2/c1-10-7-19-15-5-4-12(9-24(15)17(10)25)13-6-14(16(28-3)20-8-13)23-30(26,27)18-22-21-11(2)29-18/h4-9,23H,1-3H3. The number of fused-ring (bicyclic) bond motifs is 1. The highest BCUT2D eigenvalue weighted by molar-refractivity contribution is 7.94. The van der Waals surface area contributed by atoms with Crippen molar-refractivity contribution in [2.75, 3.05) is 11.8 Å². The number of rotatable bonds is 5. The lowest BCUT2D eigenvalue weighted by Crippen LogP contribution is -2.17. The summed E-state index contributed by atoms with van der Waals surface area (Å²) in [5.74, 6) is 0.0963. The molecule has 0 unspecified atom stereocenters. The van der Waals surface area contributed by atoms with E-state index < -0.39 is 10.0 Å². The second-order valence-corrected chi connectivity index (χ2v) is 9.40. The van der Waals surface area contributed by atoms with Crippen molar-refractivity contribution in [1.29, 1.82) is 0 Å². The summed E-state index contributed by atoms with van der Waals surface area (Å²) in [5.41, 5.74) is 2.20. The second-order valence-electron chi connectivity index (χ2n) is 6.37. The third-order valence-corrected chi connectivity index (χ3v) is 6.80. The lowest BCUT2D eigenvalue weighted by molar-refractivity contribution is 0.400. The molecule has 0 saturated carbocycles. The quantitative estimate of drug-likeness (QED) is 0.495. The summed E-state index contributed by atoms with van der Waals surface area (Å²) in [4.78, 5) is 20.8. The average molecular weight is 444 g/mol. The van der Waals surface area contributed by atoms with E-state index in [1.165, 1.54) is 23.9 Å². The largest absolute Gasteiger partial charge is 0.480 e. The smallest absolute Gasteiger partial charge is 0.291 e. The molecule has 0 spiro atoms. The summed E-state index contributed by atoms with van der Waals surface area (Å²) in [6.45, 7) is 3.35. The summed E-state index contributed by atoms with van der Waals surface area (Å²) in [6.07, 6.45) is 4.68. The van der Waals surface area contributed by atoms with Gasteiger partial charge in [0.05, 0.1) is 7.11 Å². The molecular formula is C18H16N6O4S2. The molecule has 4 aromatic heterocycles. The molecule has 0 amide bonds. The zero-order valence-corrected chi connectivity index (χ0v) is 17.8. The highest BCUT2D eigenvalue weighted by Gasteiger charge is 2.22. The van der Waals surface area contributed by atoms with Crippen LogP contribution in [0.3, 0.4) is 0 Å². The molecule has 0 fully saturated rings. The molecule has 30 heavy (non-hydrogen) atoms. The van der Waals surface area contributed by atoms with Crippen LogP contribution in [0.15, 0.2) is 45.9 Å². The first kappa shape index (κ1) is 19.9. The molecule has 0 atom stereocenters. The van der Waals surface area contributed by atoms with Crippen molar-refractivity contribution in [1.82, 2.24) is 24.6 Å². The van der Waals surface area contributed by atoms with E-state index in [9.17, 15) is 13.2 Å². The van der Waals surface area contributed by atoms with E-state index in [1.54, 1.807) is 38.2 Å². The first-order valence-corrected chi connectivity index (χ1v) is 10.9. The summed E-state index contributed by atoms with van der Waals surface area (Å²) in [5, 5.41) is 7.95. The number of methoxy groups -OCH3 is 1. The molecular weight excluding hydrogens is 428 g/mol. The Kier molecular flexibility index (Phi) is 4.95. The van der Waals surface area contributed by atoms with Gasteiger partial charge in [0.1, 0.15) is 16.3 Å². The summed E-state index contributed by atoms with van der Waals surface area (Å²) >= 11 is 0.953. The lowest BCUT2D eigenvalue weighted by Gasteiger charge is -2.12. The number of anilines is 1. The minimum atomic E-state index is -3.96. The van der Waals surface area contributed by atoms with E-state index in [2.05, 4.69) is 24.9 Å². The highest BCUT2D eigenvalue weighted by Crippen LogP contribution is 2.30. The lowest BCUT2D eigenvalue weighted by atomic mass is 10.1. The Morgan fingerprint density at radius 3 is 2.60 bits per heavy atom. The van der Waals surface area contributed by atoms with E-state index >= 15 is 0 Å². The Balaban J connectivity index is 1.79. The topological polar surface area (TPSA) is 128 Å². The molecule has 0 aliphatic heterocycles. The molecule has 0 aliphatic carbocycles. The van der Waals surface area contributed by atoms with Crippen molar-refractivity contribution in [3.63, 3.8) is 0 Å². The van der Waals surface area contributed by atoms with Crippen molar-refractivity contribution in [3.05, 3.63) is 57.7 Å². The monoisotopic (exact) mass is 444 g/mol. The zero-order valence-electron chi connectivity index (χ0n) is 16.1. The van der Waals surface area contributed by atoms with Gasteiger partial charge in [0, 0.05) is 35.3 Å². The molecule has 4 aromatic rings. The number of nitrogens with zero attached hydrogens (tertiary/aromatic N) is 5. The fraction of sp³-hybridized carbons (Fsp3) is 0.167. The number of hydrogen-bond acceptors (Lipinski definition) is 9. The van der Waals surface area contributed by atoms with E-state index in [4.69, 9.17) is 4.74 Å². The maximum atomic E-state index is 12.6. The van der Waals surface area contributed by atoms with Crippen LogP contribution in [0.25, 0.3) is 16.8 Å². The van der Waals surface area contributed by atoms with Gasteiger partial charge in [-0.3, -0.25) is 13.9 Å². The third kappa shape index (κ3) is 3.62. The van der Waals surface area contributed by atoms with Crippen molar-refractivity contribution < 1.29 is 13.2 Å². The van der Waals surface area contributed by atoms with Crippen LogP contribution in [0.1, 0.15) is 10.6 Å². The van der Waals surface area contributed by atoms with Gasteiger partial charge in [-0.25, -0.2) is 9.97 Å². The predicted molar refractivity (Wildman–Crippen MR) is 111 cm³/mol. The van der Waals surface area contributed by atoms with E-state index in [-0.39, 0.29) is 21.5 Å². The maximum Gasteiger partial charge on any atom is 0.291 e. The number of aromatic nitrogens is 5. The molecule has 154 valence electrons. The minimum Gasteiger partial charge on any atom is -0.480 e. The second kappa shape index (κ2) is 7.46. The molecule has 0 aliphatic rings. The van der Waals surface area contributed by atoms with Gasteiger partial charge in [0.2, 0.25) is 5.88 Å². The molecule has 0 radical (unpaired) electrons. The zero-order chi connectivity index (χ0) is 21.5. The molecule has 12 heteroatoms. The van der Waals surface area contributed by atoms with Crippen LogP contribution in [0.2, 0.25) is 0 Å². The van der Waals surface area contributed by atoms with Crippen molar-refractivity contribution in [3.8, 4) is 17.0 Å². The Bertz CT molecular complexity index is 1430. The van der Waals surface area contributed by atoms with Gasteiger partial charge in [0.15, 0.2) is 0 Å². The SMILES string of the molecule is COc1ncc(-c2ccc3ncc(C)c(=O)n3c2)cc1NS(=O)(=O)c1nnc(C)s1. The number of ether oxygens (including phenoxy) is 1. The fourth-order valence-corrected chi connectivity index (χ4v) is 4.77. The van der Waals surface area contributed by atoms with Crippen LogP contribution in [-0.4, -0.2) is 40.1 Å². The molecule has 0 saturated heterocycles. The fourth-order valence-electron chi connectivity index (χ4n) is 2.76. The molecule has 4 rings (SSSR count). The first-order valence-electron chi connectivity index (χ1n) is 8.64. The number of nitrogens with one attached hydrogen (secondary N) is 1. The van der Waals surface area contributed by atoms with Crippen LogP contribution in [0.4, 0.5) is 5.69 Å². The summed E-state index contributed by atoms with van der Waals surface area (Å²) in [7, 11) is -2.57. The van der Waals surface area contributed by atoms with Crippen LogP contribution in [0.5, 0.6) is 5.88 Å². The van der Waals surface area contributed by atoms with Crippen molar-refractivity contribution in [2.24, 2.45) is 0 Å². The normalized spacial score (nSPS) is 11.6. The molecule has 0 aromatic carbocycles. The van der Waals surface area contributed by atoms with Gasteiger partial charge in [-0.2, -0.15) is 8.42 Å². The van der Waals surface area contributed by atoms with Crippen molar-refractivity contribution >= 4 is 32.7 Å². The third-order valence-electron chi connectivity index (χ3n) is 4.23. The molecule has 0 bridgehead atoms. The van der Waals surface area contributed by atoms with E-state index in [1.807, 2.05) is 0 Å². The van der Waals surface area contributed by atoms with Gasteiger partial charge in [-0.15, -0.1) is 10.2 Å². The molecule has 10 nitrogen and oxygen atoms in total. The Hall–Kier alpha value is -3.38. The summed E-state index contributed by atoms with van der Waals surface area (Å²) < 4.78 is 34.2. The number of aryl methyl sites for hydroxylation is 2. The maximum absolute atomic E-state index is 12.6. The van der Waals surface area contributed by atoms with Gasteiger partial charge in [-0.05, 0) is 32.0 Å². The van der Waals surface area contributed by atoms with Gasteiger partial charge in [-0.1, -0.05) is 11.3 Å². The highest BCUT2D eigenvalue weighted by atomic mass is 32.2. The molecule has 1 N–H and O–H groups in total.